The van der Waals surface area contributed by atoms with Crippen LogP contribution >= 0.6 is 11.3 Å². The van der Waals surface area contributed by atoms with Crippen molar-refractivity contribution in [3.63, 3.8) is 0 Å². The number of carbonyl (C=O) groups is 1. The number of fused-ring (bicyclic) bond motifs is 1. The van der Waals surface area contributed by atoms with Crippen molar-refractivity contribution < 1.29 is 22.9 Å². The number of nitrogens with one attached hydrogen (secondary N) is 1. The Morgan fingerprint density at radius 1 is 1.10 bits per heavy atom. The second kappa shape index (κ2) is 7.22. The van der Waals surface area contributed by atoms with Gasteiger partial charge in [0.15, 0.2) is 0 Å². The summed E-state index contributed by atoms with van der Waals surface area (Å²) in [6.45, 7) is 0. The van der Waals surface area contributed by atoms with Crippen LogP contribution in [0.5, 0.6) is 0 Å². The number of nitro benzene ring substituents is 1. The van der Waals surface area contributed by atoms with Gasteiger partial charge in [0, 0.05) is 28.6 Å². The number of amides is 1. The fraction of sp³-hybridized carbons (Fsp3) is 0.0556. The van der Waals surface area contributed by atoms with Crippen LogP contribution in [0.15, 0.2) is 53.9 Å². The first-order valence-electron chi connectivity index (χ1n) is 8.30. The summed E-state index contributed by atoms with van der Waals surface area (Å²) in [4.78, 5) is 27.2. The molecule has 0 radical (unpaired) electrons. The van der Waals surface area contributed by atoms with Gasteiger partial charge in [-0.3, -0.25) is 20.2 Å². The monoisotopic (exact) mass is 433 g/mol. The highest BCUT2D eigenvalue weighted by atomic mass is 32.1. The molecular weight excluding hydrogens is 423 g/mol. The number of rotatable bonds is 4. The fourth-order valence-electron chi connectivity index (χ4n) is 2.67. The zero-order valence-corrected chi connectivity index (χ0v) is 15.6. The van der Waals surface area contributed by atoms with Gasteiger partial charge in [-0.2, -0.15) is 18.2 Å². The quantitative estimate of drug-likeness (QED) is 0.373. The van der Waals surface area contributed by atoms with E-state index in [2.05, 4.69) is 15.4 Å². The van der Waals surface area contributed by atoms with E-state index in [1.165, 1.54) is 28.0 Å². The van der Waals surface area contributed by atoms with E-state index in [4.69, 9.17) is 0 Å². The second-order valence-electron chi connectivity index (χ2n) is 6.08. The number of carbonyl (C=O) groups excluding carboxylic acids is 1. The topological polar surface area (TPSA) is 102 Å². The van der Waals surface area contributed by atoms with Gasteiger partial charge in [-0.05, 0) is 36.4 Å². The van der Waals surface area contributed by atoms with Crippen molar-refractivity contribution in [1.82, 2.24) is 14.6 Å². The normalized spacial score (nSPS) is 11.6. The molecule has 1 amide bonds. The van der Waals surface area contributed by atoms with Crippen molar-refractivity contribution in [2.75, 3.05) is 5.32 Å². The van der Waals surface area contributed by atoms with E-state index in [-0.39, 0.29) is 17.2 Å². The number of benzene rings is 2. The number of nitro groups is 1. The van der Waals surface area contributed by atoms with Gasteiger partial charge in [0.25, 0.3) is 17.5 Å². The number of alkyl halides is 3. The average molecular weight is 433 g/mol. The van der Waals surface area contributed by atoms with Crippen molar-refractivity contribution in [3.8, 4) is 11.3 Å². The summed E-state index contributed by atoms with van der Waals surface area (Å²) < 4.78 is 39.4. The number of hydrogen-bond donors (Lipinski definition) is 1. The molecule has 30 heavy (non-hydrogen) atoms. The molecule has 0 aliphatic carbocycles. The molecule has 2 aromatic heterocycles. The van der Waals surface area contributed by atoms with E-state index in [0.29, 0.717) is 16.2 Å². The summed E-state index contributed by atoms with van der Waals surface area (Å²) >= 11 is 1.25. The van der Waals surface area contributed by atoms with Crippen molar-refractivity contribution >= 4 is 33.8 Å². The third kappa shape index (κ3) is 3.72. The Morgan fingerprint density at radius 2 is 1.77 bits per heavy atom. The molecule has 2 aromatic carbocycles. The Labute approximate surface area is 169 Å². The van der Waals surface area contributed by atoms with Crippen molar-refractivity contribution in [2.45, 2.75) is 6.18 Å². The van der Waals surface area contributed by atoms with Crippen LogP contribution in [0.2, 0.25) is 0 Å². The van der Waals surface area contributed by atoms with E-state index in [0.717, 1.165) is 24.3 Å². The maximum atomic E-state index is 12.6. The Kier molecular flexibility index (Phi) is 4.70. The minimum Gasteiger partial charge on any atom is -0.289 e. The van der Waals surface area contributed by atoms with Crippen molar-refractivity contribution in [3.05, 3.63) is 75.2 Å². The summed E-state index contributed by atoms with van der Waals surface area (Å²) in [5.74, 6) is -0.672. The van der Waals surface area contributed by atoms with E-state index in [1.54, 1.807) is 17.5 Å². The lowest BCUT2D eigenvalue weighted by molar-refractivity contribution is -0.384. The van der Waals surface area contributed by atoms with Crippen LogP contribution in [0, 0.1) is 10.1 Å². The molecule has 0 unspecified atom stereocenters. The first-order chi connectivity index (χ1) is 14.2. The Hall–Kier alpha value is -3.80. The predicted molar refractivity (Wildman–Crippen MR) is 102 cm³/mol. The number of anilines is 1. The second-order valence-corrected chi connectivity index (χ2v) is 6.92. The Balaban J connectivity index is 1.56. The molecule has 2 heterocycles. The Morgan fingerprint density at radius 3 is 2.37 bits per heavy atom. The van der Waals surface area contributed by atoms with Crippen LogP contribution in [0.25, 0.3) is 16.2 Å². The molecule has 4 rings (SSSR count). The van der Waals surface area contributed by atoms with E-state index in [1.807, 2.05) is 0 Å². The SMILES string of the molecule is O=C(Nc1nc2scc(-c3ccc([N+](=O)[O-])cc3)n2n1)c1ccc(C(F)(F)F)cc1. The smallest absolute Gasteiger partial charge is 0.289 e. The molecule has 1 N–H and O–H groups in total. The Bertz CT molecular complexity index is 1250. The minimum absolute atomic E-state index is 0.0186. The zero-order valence-electron chi connectivity index (χ0n) is 14.8. The molecule has 4 aromatic rings. The standard InChI is InChI=1S/C18H10F3N5O3S/c19-18(20,21)12-5-1-11(2-6-12)15(27)22-16-23-17-25(24-16)14(9-30-17)10-3-7-13(8-4-10)26(28)29/h1-9H,(H,22,24,27). The highest BCUT2D eigenvalue weighted by Gasteiger charge is 2.30. The molecule has 0 aliphatic heterocycles. The van der Waals surface area contributed by atoms with Gasteiger partial charge < -0.3 is 0 Å². The average Bonchev–Trinajstić information content (AvgIpc) is 3.27. The van der Waals surface area contributed by atoms with Gasteiger partial charge in [0.1, 0.15) is 0 Å². The maximum Gasteiger partial charge on any atom is 0.416 e. The van der Waals surface area contributed by atoms with Crippen LogP contribution in [0.3, 0.4) is 0 Å². The van der Waals surface area contributed by atoms with E-state index >= 15 is 0 Å². The van der Waals surface area contributed by atoms with Gasteiger partial charge in [-0.25, -0.2) is 4.52 Å². The van der Waals surface area contributed by atoms with Gasteiger partial charge in [-0.15, -0.1) is 16.4 Å². The number of hydrogen-bond acceptors (Lipinski definition) is 6. The van der Waals surface area contributed by atoms with Crippen LogP contribution in [0.1, 0.15) is 15.9 Å². The lowest BCUT2D eigenvalue weighted by Gasteiger charge is -2.07. The molecule has 0 saturated carbocycles. The maximum absolute atomic E-state index is 12.6. The first-order valence-corrected chi connectivity index (χ1v) is 9.18. The summed E-state index contributed by atoms with van der Waals surface area (Å²) in [7, 11) is 0. The number of thiazole rings is 1. The molecule has 0 atom stereocenters. The van der Waals surface area contributed by atoms with Gasteiger partial charge in [-0.1, -0.05) is 0 Å². The number of halogens is 3. The molecule has 0 aliphatic rings. The molecule has 8 nitrogen and oxygen atoms in total. The summed E-state index contributed by atoms with van der Waals surface area (Å²) in [5, 5.41) is 19.2. The molecule has 12 heteroatoms. The molecule has 152 valence electrons. The minimum atomic E-state index is -4.49. The predicted octanol–water partition coefficient (Wildman–Crippen LogP) is 4.64. The fourth-order valence-corrected chi connectivity index (χ4v) is 3.50. The third-order valence-electron chi connectivity index (χ3n) is 4.16. The lowest BCUT2D eigenvalue weighted by atomic mass is 10.1. The summed E-state index contributed by atoms with van der Waals surface area (Å²) in [6.07, 6.45) is -4.49. The van der Waals surface area contributed by atoms with Crippen molar-refractivity contribution in [2.24, 2.45) is 0 Å². The van der Waals surface area contributed by atoms with Gasteiger partial charge in [0.2, 0.25) is 4.96 Å². The first kappa shape index (κ1) is 19.5. The van der Waals surface area contributed by atoms with Crippen LogP contribution < -0.4 is 5.32 Å². The van der Waals surface area contributed by atoms with E-state index in [9.17, 15) is 28.1 Å². The highest BCUT2D eigenvalue weighted by molar-refractivity contribution is 7.15. The van der Waals surface area contributed by atoms with Gasteiger partial charge >= 0.3 is 6.18 Å². The molecule has 0 fully saturated rings. The van der Waals surface area contributed by atoms with E-state index < -0.39 is 22.6 Å². The number of aromatic nitrogens is 3. The summed E-state index contributed by atoms with van der Waals surface area (Å²) in [5.41, 5.74) is 0.405. The number of nitrogens with zero attached hydrogens (tertiary/aromatic N) is 4. The number of non-ortho nitro benzene ring substituents is 1. The molecule has 0 spiro atoms. The van der Waals surface area contributed by atoms with Crippen LogP contribution in [-0.2, 0) is 6.18 Å². The lowest BCUT2D eigenvalue weighted by Crippen LogP contribution is -2.14. The van der Waals surface area contributed by atoms with Crippen LogP contribution in [-0.4, -0.2) is 25.4 Å². The molecular formula is C18H10F3N5O3S. The summed E-state index contributed by atoms with van der Waals surface area (Å²) in [6, 6.07) is 9.65. The van der Waals surface area contributed by atoms with Crippen molar-refractivity contribution in [1.29, 1.82) is 0 Å². The molecule has 0 bridgehead atoms. The van der Waals surface area contributed by atoms with Gasteiger partial charge in [0.05, 0.1) is 16.2 Å². The zero-order chi connectivity index (χ0) is 21.5. The third-order valence-corrected chi connectivity index (χ3v) is 4.97. The molecule has 0 saturated heterocycles. The van der Waals surface area contributed by atoms with Crippen LogP contribution in [0.4, 0.5) is 24.8 Å². The largest absolute Gasteiger partial charge is 0.416 e. The highest BCUT2D eigenvalue weighted by Crippen LogP contribution is 2.30.